The molecule has 10 heteroatoms. The van der Waals surface area contributed by atoms with Crippen LogP contribution in [0.5, 0.6) is 0 Å². The third-order valence-corrected chi connectivity index (χ3v) is 6.56. The van der Waals surface area contributed by atoms with Crippen molar-refractivity contribution in [2.75, 3.05) is 25.4 Å². The quantitative estimate of drug-likeness (QED) is 0.447. The van der Waals surface area contributed by atoms with Crippen LogP contribution in [0, 0.1) is 11.9 Å². The first-order valence-electron chi connectivity index (χ1n) is 10.0. The van der Waals surface area contributed by atoms with Crippen molar-refractivity contribution >= 4 is 27.2 Å². The van der Waals surface area contributed by atoms with Gasteiger partial charge in [0.15, 0.2) is 5.13 Å². The molecule has 1 fully saturated rings. The van der Waals surface area contributed by atoms with Crippen molar-refractivity contribution in [1.29, 1.82) is 0 Å². The second-order valence-electron chi connectivity index (χ2n) is 8.00. The second kappa shape index (κ2) is 8.68. The molecule has 5 nitrogen and oxygen atoms in total. The normalized spacial score (nSPS) is 19.1. The summed E-state index contributed by atoms with van der Waals surface area (Å²) >= 11 is 1.31. The summed E-state index contributed by atoms with van der Waals surface area (Å²) in [4.78, 5) is 10.7. The van der Waals surface area contributed by atoms with Gasteiger partial charge in [0, 0.05) is 43.2 Å². The summed E-state index contributed by atoms with van der Waals surface area (Å²) in [6.45, 7) is 0.947. The predicted molar refractivity (Wildman–Crippen MR) is 114 cm³/mol. The molecule has 0 bridgehead atoms. The molecule has 3 heterocycles. The van der Waals surface area contributed by atoms with E-state index in [1.807, 2.05) is 18.2 Å². The van der Waals surface area contributed by atoms with Gasteiger partial charge in [0.05, 0.1) is 16.5 Å². The molecule has 0 saturated carbocycles. The number of nitrogens with zero attached hydrogens (tertiary/aromatic N) is 3. The minimum Gasteiger partial charge on any atom is -0.375 e. The maximum Gasteiger partial charge on any atom is 0.393 e. The lowest BCUT2D eigenvalue weighted by atomic mass is 9.96. The van der Waals surface area contributed by atoms with Gasteiger partial charge in [0.2, 0.25) is 5.95 Å². The van der Waals surface area contributed by atoms with Gasteiger partial charge >= 0.3 is 6.18 Å². The predicted octanol–water partition coefficient (Wildman–Crippen LogP) is 4.22. The number of likely N-dealkylation sites (tertiary alicyclic amines) is 1. The van der Waals surface area contributed by atoms with Gasteiger partial charge in [-0.25, -0.2) is 9.97 Å². The molecule has 1 saturated heterocycles. The number of thiazole rings is 1. The van der Waals surface area contributed by atoms with Crippen molar-refractivity contribution in [3.63, 3.8) is 0 Å². The van der Waals surface area contributed by atoms with Crippen LogP contribution in [0.1, 0.15) is 18.5 Å². The van der Waals surface area contributed by atoms with Gasteiger partial charge in [-0.2, -0.15) is 17.6 Å². The molecular formula is C21H23F4N5S. The number of piperidine rings is 1. The lowest BCUT2D eigenvalue weighted by Gasteiger charge is -2.35. The Labute approximate surface area is 181 Å². The zero-order valence-corrected chi connectivity index (χ0v) is 17.5. The summed E-state index contributed by atoms with van der Waals surface area (Å²) in [5, 5.41) is 1.90. The molecule has 0 aliphatic carbocycles. The topological polar surface area (TPSA) is 81.1 Å². The van der Waals surface area contributed by atoms with Gasteiger partial charge in [-0.1, -0.05) is 23.5 Å². The summed E-state index contributed by atoms with van der Waals surface area (Å²) < 4.78 is 52.7. The number of pyridine rings is 1. The molecule has 0 amide bonds. The highest BCUT2D eigenvalue weighted by molar-refractivity contribution is 7.18. The number of aromatic nitrogens is 2. The summed E-state index contributed by atoms with van der Waals surface area (Å²) in [5.74, 6) is -1.86. The maximum atomic E-state index is 13.5. The summed E-state index contributed by atoms with van der Waals surface area (Å²) in [6, 6.07) is 6.57. The Morgan fingerprint density at radius 2 is 2.03 bits per heavy atom. The van der Waals surface area contributed by atoms with Crippen LogP contribution in [0.15, 0.2) is 30.5 Å². The highest BCUT2D eigenvalue weighted by Gasteiger charge is 2.41. The smallest absolute Gasteiger partial charge is 0.375 e. The fraction of sp³-hybridized carbons (Fsp3) is 0.429. The van der Waals surface area contributed by atoms with Crippen LogP contribution < -0.4 is 11.5 Å². The molecule has 31 heavy (non-hydrogen) atoms. The number of rotatable bonds is 5. The molecule has 0 spiro atoms. The van der Waals surface area contributed by atoms with Crippen LogP contribution in [0.4, 0.5) is 22.7 Å². The fourth-order valence-corrected chi connectivity index (χ4v) is 4.98. The zero-order valence-electron chi connectivity index (χ0n) is 16.7. The molecule has 2 aromatic heterocycles. The van der Waals surface area contributed by atoms with Crippen molar-refractivity contribution in [2.24, 2.45) is 11.7 Å². The number of alkyl halides is 3. The maximum absolute atomic E-state index is 13.5. The zero-order chi connectivity index (χ0) is 22.2. The third kappa shape index (κ3) is 5.13. The standard InChI is InChI=1S/C21H23F4N5S/c22-18-7-14-6-12(3-4-13(14)9-28-18)19-17(29-20(27)31-19)8-16(26)11-30-5-1-2-15(10-30)21(23,24)25/h3-4,6-7,9,15-16H,1-2,5,8,10-11,26H2,(H2,27,29)/t15?,16-/m1/s1. The van der Waals surface area contributed by atoms with Crippen LogP contribution in [0.25, 0.3) is 21.2 Å². The summed E-state index contributed by atoms with van der Waals surface area (Å²) in [7, 11) is 0. The number of fused-ring (bicyclic) bond motifs is 1. The SMILES string of the molecule is Nc1nc(C[C@@H](N)CN2CCCC(C(F)(F)F)C2)c(-c2ccc3cnc(F)cc3c2)s1. The van der Waals surface area contributed by atoms with Crippen LogP contribution in [0.3, 0.4) is 0 Å². The molecule has 1 unspecified atom stereocenters. The van der Waals surface area contributed by atoms with E-state index in [9.17, 15) is 17.6 Å². The first kappa shape index (κ1) is 21.9. The molecule has 1 aliphatic rings. The number of anilines is 1. The van der Waals surface area contributed by atoms with Gasteiger partial charge in [-0.15, -0.1) is 0 Å². The van der Waals surface area contributed by atoms with Crippen LogP contribution in [-0.4, -0.2) is 46.7 Å². The van der Waals surface area contributed by atoms with E-state index < -0.39 is 18.0 Å². The number of halogens is 4. The Morgan fingerprint density at radius 3 is 2.81 bits per heavy atom. The molecule has 0 radical (unpaired) electrons. The third-order valence-electron chi connectivity index (χ3n) is 5.58. The average Bonchev–Trinajstić information content (AvgIpc) is 3.06. The highest BCUT2D eigenvalue weighted by atomic mass is 32.1. The number of hydrogen-bond acceptors (Lipinski definition) is 6. The number of benzene rings is 1. The molecule has 3 aromatic rings. The number of nitrogens with two attached hydrogens (primary N) is 2. The Hall–Kier alpha value is -2.30. The monoisotopic (exact) mass is 453 g/mol. The number of hydrogen-bond donors (Lipinski definition) is 2. The molecule has 4 rings (SSSR count). The van der Waals surface area contributed by atoms with Crippen LogP contribution in [0.2, 0.25) is 0 Å². The van der Waals surface area contributed by atoms with E-state index in [0.29, 0.717) is 42.1 Å². The highest BCUT2D eigenvalue weighted by Crippen LogP contribution is 2.35. The van der Waals surface area contributed by atoms with E-state index in [1.54, 1.807) is 4.90 Å². The van der Waals surface area contributed by atoms with Crippen molar-refractivity contribution in [3.05, 3.63) is 42.1 Å². The van der Waals surface area contributed by atoms with E-state index in [1.165, 1.54) is 23.6 Å². The van der Waals surface area contributed by atoms with Gasteiger partial charge in [-0.3, -0.25) is 0 Å². The van der Waals surface area contributed by atoms with E-state index in [-0.39, 0.29) is 19.0 Å². The second-order valence-corrected chi connectivity index (χ2v) is 9.03. The molecule has 166 valence electrons. The number of nitrogen functional groups attached to an aromatic ring is 1. The van der Waals surface area contributed by atoms with E-state index >= 15 is 0 Å². The van der Waals surface area contributed by atoms with Crippen LogP contribution in [-0.2, 0) is 6.42 Å². The van der Waals surface area contributed by atoms with Gasteiger partial charge in [0.25, 0.3) is 0 Å². The molecular weight excluding hydrogens is 430 g/mol. The van der Waals surface area contributed by atoms with E-state index in [4.69, 9.17) is 11.5 Å². The van der Waals surface area contributed by atoms with Gasteiger partial charge < -0.3 is 16.4 Å². The lowest BCUT2D eigenvalue weighted by Crippen LogP contribution is -2.47. The summed E-state index contributed by atoms with van der Waals surface area (Å²) in [6.07, 6.45) is -1.64. The Morgan fingerprint density at radius 1 is 1.23 bits per heavy atom. The molecule has 1 aromatic carbocycles. The van der Waals surface area contributed by atoms with Gasteiger partial charge in [0.1, 0.15) is 0 Å². The van der Waals surface area contributed by atoms with E-state index in [0.717, 1.165) is 15.8 Å². The van der Waals surface area contributed by atoms with Crippen molar-refractivity contribution in [2.45, 2.75) is 31.5 Å². The summed E-state index contributed by atoms with van der Waals surface area (Å²) in [5.41, 5.74) is 13.8. The van der Waals surface area contributed by atoms with Crippen molar-refractivity contribution < 1.29 is 17.6 Å². The minimum atomic E-state index is -4.18. The molecule has 2 atom stereocenters. The first-order valence-corrected chi connectivity index (χ1v) is 10.9. The minimum absolute atomic E-state index is 0.0203. The van der Waals surface area contributed by atoms with Crippen molar-refractivity contribution in [1.82, 2.24) is 14.9 Å². The average molecular weight is 454 g/mol. The molecule has 1 aliphatic heterocycles. The Kier molecular flexibility index (Phi) is 6.14. The van der Waals surface area contributed by atoms with Crippen molar-refractivity contribution in [3.8, 4) is 10.4 Å². The lowest BCUT2D eigenvalue weighted by molar-refractivity contribution is -0.186. The fourth-order valence-electron chi connectivity index (χ4n) is 4.12. The van der Waals surface area contributed by atoms with E-state index in [2.05, 4.69) is 9.97 Å². The van der Waals surface area contributed by atoms with Gasteiger partial charge in [-0.05, 0) is 36.4 Å². The largest absolute Gasteiger partial charge is 0.393 e. The molecule has 4 N–H and O–H groups in total. The Balaban J connectivity index is 1.50. The Bertz CT molecular complexity index is 1070. The first-order chi connectivity index (χ1) is 14.7. The van der Waals surface area contributed by atoms with Crippen LogP contribution >= 0.6 is 11.3 Å².